The molecule has 1 fully saturated rings. The van der Waals surface area contributed by atoms with Gasteiger partial charge < -0.3 is 29.3 Å². The third-order valence-corrected chi connectivity index (χ3v) is 5.65. The van der Waals surface area contributed by atoms with E-state index in [1.807, 2.05) is 43.3 Å². The van der Waals surface area contributed by atoms with Gasteiger partial charge in [-0.05, 0) is 55.5 Å². The lowest BCUT2D eigenvalue weighted by Crippen LogP contribution is -2.50. The number of methoxy groups -OCH3 is 2. The third kappa shape index (κ3) is 5.31. The molecule has 0 spiro atoms. The number of nitrogens with zero attached hydrogens (tertiary/aromatic N) is 4. The van der Waals surface area contributed by atoms with Crippen LogP contribution < -0.4 is 24.4 Å². The smallest absolute Gasteiger partial charge is 0.322 e. The van der Waals surface area contributed by atoms with Gasteiger partial charge in [0.2, 0.25) is 0 Å². The lowest BCUT2D eigenvalue weighted by atomic mass is 10.1. The normalized spacial score (nSPS) is 13.4. The molecule has 3 aromatic rings. The van der Waals surface area contributed by atoms with Gasteiger partial charge in [-0.1, -0.05) is 0 Å². The zero-order chi connectivity index (χ0) is 23.9. The van der Waals surface area contributed by atoms with E-state index in [0.29, 0.717) is 50.0 Å². The van der Waals surface area contributed by atoms with Crippen LogP contribution in [-0.2, 0) is 0 Å². The number of urea groups is 1. The van der Waals surface area contributed by atoms with Gasteiger partial charge in [0.05, 0.1) is 32.2 Å². The van der Waals surface area contributed by atoms with Crippen molar-refractivity contribution < 1.29 is 19.0 Å². The van der Waals surface area contributed by atoms with Crippen LogP contribution in [0.2, 0.25) is 0 Å². The third-order valence-electron chi connectivity index (χ3n) is 5.65. The van der Waals surface area contributed by atoms with E-state index in [4.69, 9.17) is 14.2 Å². The summed E-state index contributed by atoms with van der Waals surface area (Å²) >= 11 is 0. The number of piperazine rings is 1. The number of rotatable bonds is 7. The molecular weight excluding hydrogens is 434 g/mol. The second-order valence-electron chi connectivity index (χ2n) is 7.70. The second kappa shape index (κ2) is 10.7. The van der Waals surface area contributed by atoms with Crippen molar-refractivity contribution in [1.82, 2.24) is 15.1 Å². The minimum atomic E-state index is -0.167. The van der Waals surface area contributed by atoms with Crippen molar-refractivity contribution in [2.45, 2.75) is 6.92 Å². The summed E-state index contributed by atoms with van der Waals surface area (Å²) < 4.78 is 16.1. The first kappa shape index (κ1) is 23.2. The summed E-state index contributed by atoms with van der Waals surface area (Å²) in [5, 5.41) is 11.7. The number of hydrogen-bond acceptors (Lipinski definition) is 7. The molecule has 1 N–H and O–H groups in total. The Morgan fingerprint density at radius 3 is 2.26 bits per heavy atom. The van der Waals surface area contributed by atoms with Crippen LogP contribution in [-0.4, -0.2) is 68.1 Å². The van der Waals surface area contributed by atoms with E-state index >= 15 is 0 Å². The summed E-state index contributed by atoms with van der Waals surface area (Å²) in [6.07, 6.45) is 0. The molecule has 0 unspecified atom stereocenters. The van der Waals surface area contributed by atoms with Crippen LogP contribution >= 0.6 is 0 Å². The zero-order valence-corrected chi connectivity index (χ0v) is 19.7. The predicted octanol–water partition coefficient (Wildman–Crippen LogP) is 3.91. The molecule has 1 aliphatic rings. The molecule has 1 aliphatic heterocycles. The van der Waals surface area contributed by atoms with Gasteiger partial charge in [0, 0.05) is 37.8 Å². The minimum Gasteiger partial charge on any atom is -0.497 e. The molecule has 2 amide bonds. The molecule has 34 heavy (non-hydrogen) atoms. The molecule has 9 heteroatoms. The fourth-order valence-corrected chi connectivity index (χ4v) is 3.77. The first-order valence-corrected chi connectivity index (χ1v) is 11.2. The Morgan fingerprint density at radius 1 is 0.912 bits per heavy atom. The van der Waals surface area contributed by atoms with Gasteiger partial charge in [-0.15, -0.1) is 10.2 Å². The van der Waals surface area contributed by atoms with Crippen LogP contribution in [0.4, 0.5) is 16.3 Å². The Labute approximate surface area is 199 Å². The van der Waals surface area contributed by atoms with Gasteiger partial charge >= 0.3 is 6.03 Å². The van der Waals surface area contributed by atoms with Crippen LogP contribution in [0, 0.1) is 0 Å². The molecule has 2 heterocycles. The highest BCUT2D eigenvalue weighted by Gasteiger charge is 2.23. The highest BCUT2D eigenvalue weighted by atomic mass is 16.5. The van der Waals surface area contributed by atoms with E-state index in [1.54, 1.807) is 37.3 Å². The molecule has 178 valence electrons. The summed E-state index contributed by atoms with van der Waals surface area (Å²) in [5.41, 5.74) is 2.39. The fraction of sp³-hybridized carbons (Fsp3) is 0.320. The van der Waals surface area contributed by atoms with Gasteiger partial charge in [0.25, 0.3) is 0 Å². The quantitative estimate of drug-likeness (QED) is 0.568. The largest absolute Gasteiger partial charge is 0.497 e. The van der Waals surface area contributed by atoms with Crippen molar-refractivity contribution in [3.63, 3.8) is 0 Å². The number of ether oxygens (including phenoxy) is 3. The van der Waals surface area contributed by atoms with E-state index in [-0.39, 0.29) is 6.03 Å². The maximum absolute atomic E-state index is 12.8. The predicted molar refractivity (Wildman–Crippen MR) is 131 cm³/mol. The highest BCUT2D eigenvalue weighted by Crippen LogP contribution is 2.29. The molecule has 0 atom stereocenters. The summed E-state index contributed by atoms with van der Waals surface area (Å²) in [4.78, 5) is 16.7. The molecule has 0 saturated carbocycles. The number of aromatic nitrogens is 2. The standard InChI is InChI=1S/C25H29N5O4/c1-4-34-19-7-5-18(6-8-19)21-11-12-24(28-27-21)29-13-15-30(16-14-29)25(31)26-22-10-9-20(32-2)17-23(22)33-3/h5-12,17H,4,13-16H2,1-3H3,(H,26,31). The Kier molecular flexibility index (Phi) is 7.31. The SMILES string of the molecule is CCOc1ccc(-c2ccc(N3CCN(C(=O)Nc4ccc(OC)cc4OC)CC3)nn2)cc1. The monoisotopic (exact) mass is 463 g/mol. The number of amides is 2. The number of hydrogen-bond donors (Lipinski definition) is 1. The van der Waals surface area contributed by atoms with Gasteiger partial charge in [0.15, 0.2) is 5.82 Å². The van der Waals surface area contributed by atoms with Crippen molar-refractivity contribution in [2.24, 2.45) is 0 Å². The molecule has 0 radical (unpaired) electrons. The molecular formula is C25H29N5O4. The topological polar surface area (TPSA) is 89.1 Å². The lowest BCUT2D eigenvalue weighted by molar-refractivity contribution is 0.208. The maximum Gasteiger partial charge on any atom is 0.322 e. The van der Waals surface area contributed by atoms with Gasteiger partial charge in [0.1, 0.15) is 17.2 Å². The molecule has 9 nitrogen and oxygen atoms in total. The molecule has 1 saturated heterocycles. The molecule has 2 aromatic carbocycles. The molecule has 1 aromatic heterocycles. The summed E-state index contributed by atoms with van der Waals surface area (Å²) in [5.74, 6) is 2.85. The maximum atomic E-state index is 12.8. The zero-order valence-electron chi connectivity index (χ0n) is 19.7. The fourth-order valence-electron chi connectivity index (χ4n) is 3.77. The second-order valence-corrected chi connectivity index (χ2v) is 7.70. The Bertz CT molecular complexity index is 1100. The van der Waals surface area contributed by atoms with Crippen LogP contribution in [0.5, 0.6) is 17.2 Å². The van der Waals surface area contributed by atoms with Gasteiger partial charge in [-0.3, -0.25) is 0 Å². The summed E-state index contributed by atoms with van der Waals surface area (Å²) in [6, 6.07) is 16.9. The van der Waals surface area contributed by atoms with E-state index in [1.165, 1.54) is 0 Å². The average molecular weight is 464 g/mol. The first-order chi connectivity index (χ1) is 16.6. The number of carbonyl (C=O) groups excluding carboxylic acids is 1. The van der Waals surface area contributed by atoms with Crippen molar-refractivity contribution >= 4 is 17.5 Å². The minimum absolute atomic E-state index is 0.167. The summed E-state index contributed by atoms with van der Waals surface area (Å²) in [7, 11) is 3.15. The number of nitrogens with one attached hydrogen (secondary N) is 1. The number of anilines is 2. The van der Waals surface area contributed by atoms with E-state index in [2.05, 4.69) is 20.4 Å². The Hall–Kier alpha value is -4.01. The van der Waals surface area contributed by atoms with Crippen LogP contribution in [0.25, 0.3) is 11.3 Å². The molecule has 4 rings (SSSR count). The van der Waals surface area contributed by atoms with Gasteiger partial charge in [-0.25, -0.2) is 4.79 Å². The van der Waals surface area contributed by atoms with Crippen LogP contribution in [0.15, 0.2) is 54.6 Å². The van der Waals surface area contributed by atoms with E-state index in [0.717, 1.165) is 22.8 Å². The molecule has 0 aliphatic carbocycles. The van der Waals surface area contributed by atoms with Crippen molar-refractivity contribution in [3.8, 4) is 28.5 Å². The lowest BCUT2D eigenvalue weighted by Gasteiger charge is -2.35. The molecule has 0 bridgehead atoms. The average Bonchev–Trinajstić information content (AvgIpc) is 2.90. The van der Waals surface area contributed by atoms with Gasteiger partial charge in [-0.2, -0.15) is 0 Å². The number of benzene rings is 2. The van der Waals surface area contributed by atoms with Crippen molar-refractivity contribution in [2.75, 3.05) is 57.2 Å². The van der Waals surface area contributed by atoms with E-state index in [9.17, 15) is 4.79 Å². The van der Waals surface area contributed by atoms with Crippen molar-refractivity contribution in [1.29, 1.82) is 0 Å². The highest BCUT2D eigenvalue weighted by molar-refractivity contribution is 5.91. The van der Waals surface area contributed by atoms with Crippen LogP contribution in [0.1, 0.15) is 6.92 Å². The van der Waals surface area contributed by atoms with Crippen molar-refractivity contribution in [3.05, 3.63) is 54.6 Å². The number of carbonyl (C=O) groups is 1. The Balaban J connectivity index is 1.33. The first-order valence-electron chi connectivity index (χ1n) is 11.2. The van der Waals surface area contributed by atoms with E-state index < -0.39 is 0 Å². The Morgan fingerprint density at radius 2 is 1.65 bits per heavy atom. The summed E-state index contributed by atoms with van der Waals surface area (Å²) in [6.45, 7) is 5.09. The van der Waals surface area contributed by atoms with Crippen LogP contribution in [0.3, 0.4) is 0 Å².